The first kappa shape index (κ1) is 15.1. The highest BCUT2D eigenvalue weighted by Gasteiger charge is 2.34. The number of urea groups is 1. The fourth-order valence-corrected chi connectivity index (χ4v) is 2.29. The van der Waals surface area contributed by atoms with Crippen molar-refractivity contribution in [1.82, 2.24) is 9.80 Å². The predicted octanol–water partition coefficient (Wildman–Crippen LogP) is 3.11. The van der Waals surface area contributed by atoms with E-state index in [1.807, 2.05) is 6.92 Å². The number of amides is 2. The van der Waals surface area contributed by atoms with Gasteiger partial charge in [-0.15, -0.1) is 0 Å². The summed E-state index contributed by atoms with van der Waals surface area (Å²) < 4.78 is 37.3. The number of carbonyl (C=O) groups is 1. The molecule has 0 bridgehead atoms. The first-order valence-corrected chi connectivity index (χ1v) is 6.44. The molecule has 3 nitrogen and oxygen atoms in total. The third-order valence-corrected chi connectivity index (χ3v) is 3.06. The van der Waals surface area contributed by atoms with Crippen LogP contribution in [-0.4, -0.2) is 48.2 Å². The molecule has 106 valence electrons. The lowest BCUT2D eigenvalue weighted by molar-refractivity contribution is -0.141. The molecule has 2 amide bonds. The minimum atomic E-state index is -4.33. The third-order valence-electron chi connectivity index (χ3n) is 3.06. The van der Waals surface area contributed by atoms with Crippen molar-refractivity contribution in [2.45, 2.75) is 39.3 Å². The summed E-state index contributed by atoms with van der Waals surface area (Å²) in [6.07, 6.45) is -1.88. The molecule has 0 aromatic carbocycles. The second-order valence-electron chi connectivity index (χ2n) is 5.01. The summed E-state index contributed by atoms with van der Waals surface area (Å²) in [5.41, 5.74) is 0. The molecular weight excluding hydrogens is 245 g/mol. The van der Waals surface area contributed by atoms with Gasteiger partial charge in [-0.3, -0.25) is 0 Å². The highest BCUT2D eigenvalue weighted by molar-refractivity contribution is 5.74. The summed E-state index contributed by atoms with van der Waals surface area (Å²) in [5, 5.41) is 0. The van der Waals surface area contributed by atoms with E-state index in [2.05, 4.69) is 0 Å². The molecule has 0 saturated carbocycles. The van der Waals surface area contributed by atoms with Crippen molar-refractivity contribution in [3.8, 4) is 0 Å². The van der Waals surface area contributed by atoms with E-state index < -0.39 is 18.8 Å². The van der Waals surface area contributed by atoms with Crippen molar-refractivity contribution < 1.29 is 18.0 Å². The molecular formula is C12H21F3N2O. The highest BCUT2D eigenvalue weighted by atomic mass is 19.4. The van der Waals surface area contributed by atoms with E-state index in [0.29, 0.717) is 25.4 Å². The monoisotopic (exact) mass is 266 g/mol. The summed E-state index contributed by atoms with van der Waals surface area (Å²) in [6, 6.07) is -0.472. The van der Waals surface area contributed by atoms with Gasteiger partial charge in [0.2, 0.25) is 0 Å². The minimum Gasteiger partial charge on any atom is -0.324 e. The Morgan fingerprint density at radius 1 is 1.44 bits per heavy atom. The molecule has 1 aliphatic heterocycles. The summed E-state index contributed by atoms with van der Waals surface area (Å²) in [4.78, 5) is 14.5. The van der Waals surface area contributed by atoms with E-state index in [-0.39, 0.29) is 6.54 Å². The van der Waals surface area contributed by atoms with Crippen molar-refractivity contribution in [1.29, 1.82) is 0 Å². The molecule has 0 spiro atoms. The van der Waals surface area contributed by atoms with Crippen LogP contribution in [0.1, 0.15) is 33.1 Å². The van der Waals surface area contributed by atoms with Gasteiger partial charge in [0.05, 0.1) is 0 Å². The normalized spacial score (nSPS) is 20.9. The van der Waals surface area contributed by atoms with Gasteiger partial charge in [0, 0.05) is 19.6 Å². The van der Waals surface area contributed by atoms with Crippen LogP contribution in [0.3, 0.4) is 0 Å². The smallest absolute Gasteiger partial charge is 0.324 e. The zero-order valence-electron chi connectivity index (χ0n) is 11.0. The number of hydrogen-bond donors (Lipinski definition) is 0. The Morgan fingerprint density at radius 3 is 2.61 bits per heavy atom. The summed E-state index contributed by atoms with van der Waals surface area (Å²) in [7, 11) is 0. The lowest BCUT2D eigenvalue weighted by Gasteiger charge is -2.35. The van der Waals surface area contributed by atoms with Crippen molar-refractivity contribution in [2.75, 3.05) is 26.2 Å². The predicted molar refractivity (Wildman–Crippen MR) is 63.3 cm³/mol. The fourth-order valence-electron chi connectivity index (χ4n) is 2.29. The standard InChI is InChI=1S/C12H21F3N2O/c1-3-6-17(9-12(13,14)15)11(18)16-7-4-5-10(2)8-16/h10H,3-9H2,1-2H3. The summed E-state index contributed by atoms with van der Waals surface area (Å²) in [5.74, 6) is 0.372. The van der Waals surface area contributed by atoms with Crippen LogP contribution < -0.4 is 0 Å². The van der Waals surface area contributed by atoms with Gasteiger partial charge in [0.1, 0.15) is 6.54 Å². The second-order valence-corrected chi connectivity index (χ2v) is 5.01. The van der Waals surface area contributed by atoms with Gasteiger partial charge in [-0.25, -0.2) is 4.79 Å². The van der Waals surface area contributed by atoms with Gasteiger partial charge in [-0.2, -0.15) is 13.2 Å². The van der Waals surface area contributed by atoms with Gasteiger partial charge in [0.25, 0.3) is 0 Å². The lowest BCUT2D eigenvalue weighted by Crippen LogP contribution is -2.50. The Morgan fingerprint density at radius 2 is 2.11 bits per heavy atom. The largest absolute Gasteiger partial charge is 0.406 e. The average molecular weight is 266 g/mol. The molecule has 1 saturated heterocycles. The highest BCUT2D eigenvalue weighted by Crippen LogP contribution is 2.20. The molecule has 1 rings (SSSR count). The second kappa shape index (κ2) is 6.29. The Kier molecular flexibility index (Phi) is 5.28. The Bertz CT molecular complexity index is 281. The molecule has 18 heavy (non-hydrogen) atoms. The number of nitrogens with zero attached hydrogens (tertiary/aromatic N) is 2. The maximum Gasteiger partial charge on any atom is 0.406 e. The van der Waals surface area contributed by atoms with Crippen LogP contribution in [0.4, 0.5) is 18.0 Å². The van der Waals surface area contributed by atoms with Crippen LogP contribution >= 0.6 is 0 Å². The maximum absolute atomic E-state index is 12.4. The molecule has 1 unspecified atom stereocenters. The van der Waals surface area contributed by atoms with Crippen LogP contribution in [-0.2, 0) is 0 Å². The van der Waals surface area contributed by atoms with Crippen molar-refractivity contribution in [3.63, 3.8) is 0 Å². The molecule has 1 atom stereocenters. The van der Waals surface area contributed by atoms with Gasteiger partial charge < -0.3 is 9.80 Å². The molecule has 0 aliphatic carbocycles. The average Bonchev–Trinajstić information content (AvgIpc) is 2.26. The van der Waals surface area contributed by atoms with Crippen LogP contribution in [0.2, 0.25) is 0 Å². The van der Waals surface area contributed by atoms with Crippen LogP contribution in [0.5, 0.6) is 0 Å². The van der Waals surface area contributed by atoms with E-state index in [1.165, 1.54) is 0 Å². The zero-order chi connectivity index (χ0) is 13.8. The molecule has 1 fully saturated rings. The number of likely N-dealkylation sites (tertiary alicyclic amines) is 1. The number of piperidine rings is 1. The molecule has 6 heteroatoms. The maximum atomic E-state index is 12.4. The molecule has 0 aromatic heterocycles. The van der Waals surface area contributed by atoms with E-state index in [1.54, 1.807) is 11.8 Å². The van der Waals surface area contributed by atoms with Crippen molar-refractivity contribution in [2.24, 2.45) is 5.92 Å². The quantitative estimate of drug-likeness (QED) is 0.770. The topological polar surface area (TPSA) is 23.6 Å². The molecule has 0 radical (unpaired) electrons. The number of alkyl halides is 3. The van der Waals surface area contributed by atoms with Crippen LogP contribution in [0.15, 0.2) is 0 Å². The summed E-state index contributed by atoms with van der Waals surface area (Å²) >= 11 is 0. The number of hydrogen-bond acceptors (Lipinski definition) is 1. The van der Waals surface area contributed by atoms with E-state index in [0.717, 1.165) is 17.7 Å². The van der Waals surface area contributed by atoms with Gasteiger partial charge in [-0.05, 0) is 25.2 Å². The first-order valence-electron chi connectivity index (χ1n) is 6.44. The molecule has 0 N–H and O–H groups in total. The number of halogens is 3. The Balaban J connectivity index is 2.63. The summed E-state index contributed by atoms with van der Waals surface area (Å²) in [6.45, 7) is 3.94. The van der Waals surface area contributed by atoms with Crippen molar-refractivity contribution in [3.05, 3.63) is 0 Å². The van der Waals surface area contributed by atoms with Crippen molar-refractivity contribution >= 4 is 6.03 Å². The Labute approximate surface area is 106 Å². The first-order chi connectivity index (χ1) is 8.33. The Hall–Kier alpha value is -0.940. The molecule has 1 heterocycles. The number of carbonyl (C=O) groups excluding carboxylic acids is 1. The van der Waals surface area contributed by atoms with E-state index in [9.17, 15) is 18.0 Å². The van der Waals surface area contributed by atoms with Gasteiger partial charge >= 0.3 is 12.2 Å². The molecule has 0 aromatic rings. The van der Waals surface area contributed by atoms with Crippen LogP contribution in [0.25, 0.3) is 0 Å². The fraction of sp³-hybridized carbons (Fsp3) is 0.917. The number of rotatable bonds is 3. The lowest BCUT2D eigenvalue weighted by atomic mass is 10.0. The minimum absolute atomic E-state index is 0.156. The van der Waals surface area contributed by atoms with E-state index in [4.69, 9.17) is 0 Å². The van der Waals surface area contributed by atoms with Gasteiger partial charge in [-0.1, -0.05) is 13.8 Å². The molecule has 1 aliphatic rings. The van der Waals surface area contributed by atoms with Gasteiger partial charge in [0.15, 0.2) is 0 Å². The van der Waals surface area contributed by atoms with Crippen LogP contribution in [0, 0.1) is 5.92 Å². The van der Waals surface area contributed by atoms with E-state index >= 15 is 0 Å². The SMILES string of the molecule is CCCN(CC(F)(F)F)C(=O)N1CCCC(C)C1. The third kappa shape index (κ3) is 4.74. The zero-order valence-corrected chi connectivity index (χ0v) is 11.0.